The van der Waals surface area contributed by atoms with Crippen LogP contribution in [0.3, 0.4) is 0 Å². The smallest absolute Gasteiger partial charge is 0.306 e. The van der Waals surface area contributed by atoms with Gasteiger partial charge in [-0.25, -0.2) is 0 Å². The van der Waals surface area contributed by atoms with Crippen LogP contribution in [0.5, 0.6) is 0 Å². The molecule has 0 aromatic carbocycles. The quantitative estimate of drug-likeness (QED) is 0.0283. The van der Waals surface area contributed by atoms with Crippen molar-refractivity contribution in [3.05, 3.63) is 0 Å². The van der Waals surface area contributed by atoms with Gasteiger partial charge in [-0.15, -0.1) is 0 Å². The first kappa shape index (κ1) is 60.7. The Balaban J connectivity index is -0.000000947. The number of rotatable bonds is 30. The lowest BCUT2D eigenvalue weighted by atomic mass is 9.88. The molecule has 23 heteroatoms. The highest BCUT2D eigenvalue weighted by Crippen LogP contribution is 2.25. The Labute approximate surface area is 386 Å². The standard InChI is InChI=1S/C17H28O8S4.C15H26O6S3.C2H6S2/c18-13(1-5-26)22-9-17(10-23-14(19)2-6-27,11-24-15(20)3-7-28)12-25-16(21)4-8-29;1-2-15(9-19-12(16)3-6-22,10-20-13(17)4-7-23)11-21-14(18)5-8-24;3-1-2-4/h26-29H,1-12H2;22-24H,2-11H2,1H3;3-4H,1-2H2. The average Bonchev–Trinajstić information content (AvgIpc) is 3.18. The number of carbonyl (C=O) groups excluding carboxylic acids is 7. The van der Waals surface area contributed by atoms with E-state index in [0.29, 0.717) is 23.7 Å². The van der Waals surface area contributed by atoms with Crippen LogP contribution in [-0.4, -0.2) is 140 Å². The van der Waals surface area contributed by atoms with Gasteiger partial charge in [-0.3, -0.25) is 33.6 Å². The topological polar surface area (TPSA) is 184 Å². The molecule has 14 nitrogen and oxygen atoms in total. The zero-order chi connectivity index (χ0) is 44.0. The Bertz CT molecular complexity index is 985. The number of hydrogen-bond acceptors (Lipinski definition) is 23. The Morgan fingerprint density at radius 1 is 0.298 bits per heavy atom. The molecule has 0 saturated carbocycles. The first-order chi connectivity index (χ1) is 27.2. The maximum atomic E-state index is 11.8. The molecule has 0 atom stereocenters. The van der Waals surface area contributed by atoms with Gasteiger partial charge in [-0.2, -0.15) is 114 Å². The van der Waals surface area contributed by atoms with Crippen molar-refractivity contribution in [3.8, 4) is 0 Å². The minimum Gasteiger partial charge on any atom is -0.465 e. The first-order valence-electron chi connectivity index (χ1n) is 17.7. The number of ether oxygens (including phenoxy) is 7. The third-order valence-electron chi connectivity index (χ3n) is 6.84. The molecule has 334 valence electrons. The van der Waals surface area contributed by atoms with Crippen molar-refractivity contribution in [2.75, 3.05) is 98.0 Å². The summed E-state index contributed by atoms with van der Waals surface area (Å²) >= 11 is 35.5. The first-order valence-corrected chi connectivity index (χ1v) is 23.4. The van der Waals surface area contributed by atoms with E-state index in [-0.39, 0.29) is 114 Å². The fraction of sp³-hybridized carbons (Fsp3) is 0.794. The summed E-state index contributed by atoms with van der Waals surface area (Å²) in [5.41, 5.74) is -2.03. The van der Waals surface area contributed by atoms with E-state index in [1.54, 1.807) is 0 Å². The molecule has 0 fully saturated rings. The monoisotopic (exact) mass is 980 g/mol. The molecular weight excluding hydrogens is 921 g/mol. The predicted octanol–water partition coefficient (Wildman–Crippen LogP) is 4.24. The van der Waals surface area contributed by atoms with Gasteiger partial charge in [0.1, 0.15) is 51.7 Å². The van der Waals surface area contributed by atoms with Gasteiger partial charge in [0.2, 0.25) is 0 Å². The molecule has 0 amide bonds. The molecule has 0 bridgehead atoms. The van der Waals surface area contributed by atoms with E-state index >= 15 is 0 Å². The van der Waals surface area contributed by atoms with E-state index < -0.39 is 52.6 Å². The largest absolute Gasteiger partial charge is 0.465 e. The zero-order valence-corrected chi connectivity index (χ0v) is 40.3. The molecule has 0 N–H and O–H groups in total. The number of esters is 7. The van der Waals surface area contributed by atoms with Crippen LogP contribution in [-0.2, 0) is 66.7 Å². The molecule has 0 spiro atoms. The second-order valence-corrected chi connectivity index (χ2v) is 15.8. The molecule has 0 aliphatic carbocycles. The van der Waals surface area contributed by atoms with E-state index in [1.807, 2.05) is 6.92 Å². The van der Waals surface area contributed by atoms with Gasteiger partial charge in [0.15, 0.2) is 0 Å². The van der Waals surface area contributed by atoms with Gasteiger partial charge in [0, 0.05) is 40.3 Å². The van der Waals surface area contributed by atoms with Gasteiger partial charge in [-0.1, -0.05) is 6.92 Å². The average molecular weight is 981 g/mol. The molecular formula is C34H60O14S9. The third-order valence-corrected chi connectivity index (χ3v) is 9.20. The van der Waals surface area contributed by atoms with Crippen LogP contribution in [0.2, 0.25) is 0 Å². The van der Waals surface area contributed by atoms with Gasteiger partial charge in [0.25, 0.3) is 0 Å². The summed E-state index contributed by atoms with van der Waals surface area (Å²) < 4.78 is 36.5. The predicted molar refractivity (Wildman–Crippen MR) is 249 cm³/mol. The fourth-order valence-electron chi connectivity index (χ4n) is 3.46. The highest BCUT2D eigenvalue weighted by Gasteiger charge is 2.38. The lowest BCUT2D eigenvalue weighted by Crippen LogP contribution is -2.44. The second kappa shape index (κ2) is 40.8. The van der Waals surface area contributed by atoms with Crippen molar-refractivity contribution in [1.82, 2.24) is 0 Å². The van der Waals surface area contributed by atoms with E-state index in [1.165, 1.54) is 0 Å². The fourth-order valence-corrected chi connectivity index (χ4v) is 4.74. The van der Waals surface area contributed by atoms with E-state index in [9.17, 15) is 33.6 Å². The lowest BCUT2D eigenvalue weighted by molar-refractivity contribution is -0.171. The SMILES string of the molecule is CCC(COC(=O)CCS)(COC(=O)CCS)COC(=O)CCS.O=C(CCS)OCC(COC(=O)CCS)(COC(=O)CCS)COC(=O)CCS.SCCS. The van der Waals surface area contributed by atoms with Gasteiger partial charge >= 0.3 is 41.8 Å². The molecule has 0 heterocycles. The van der Waals surface area contributed by atoms with Gasteiger partial charge in [0.05, 0.1) is 50.4 Å². The zero-order valence-electron chi connectivity index (χ0n) is 32.2. The molecule has 0 radical (unpaired) electrons. The van der Waals surface area contributed by atoms with Crippen LogP contribution < -0.4 is 0 Å². The maximum absolute atomic E-state index is 11.8. The summed E-state index contributed by atoms with van der Waals surface area (Å²) in [5.74, 6) is 0.729. The van der Waals surface area contributed by atoms with Crippen molar-refractivity contribution >= 4 is 155 Å². The molecule has 0 aliphatic heterocycles. The Morgan fingerprint density at radius 3 is 0.579 bits per heavy atom. The van der Waals surface area contributed by atoms with E-state index in [4.69, 9.17) is 33.2 Å². The van der Waals surface area contributed by atoms with Crippen LogP contribution >= 0.6 is 114 Å². The van der Waals surface area contributed by atoms with Gasteiger partial charge < -0.3 is 33.2 Å². The van der Waals surface area contributed by atoms with Crippen LogP contribution in [0, 0.1) is 10.8 Å². The van der Waals surface area contributed by atoms with Crippen molar-refractivity contribution in [1.29, 1.82) is 0 Å². The molecule has 0 aromatic heterocycles. The lowest BCUT2D eigenvalue weighted by Gasteiger charge is -2.31. The van der Waals surface area contributed by atoms with Crippen LogP contribution in [0.1, 0.15) is 58.3 Å². The summed E-state index contributed by atoms with van der Waals surface area (Å²) in [6.07, 6.45) is 1.32. The Kier molecular flexibility index (Phi) is 43.5. The maximum Gasteiger partial charge on any atom is 0.306 e. The number of hydrogen-bond donors (Lipinski definition) is 9. The normalized spacial score (nSPS) is 10.7. The van der Waals surface area contributed by atoms with Gasteiger partial charge in [-0.05, 0) is 17.9 Å². The molecule has 0 rings (SSSR count). The molecule has 57 heavy (non-hydrogen) atoms. The summed E-state index contributed by atoms with van der Waals surface area (Å²) in [7, 11) is 0. The Morgan fingerprint density at radius 2 is 0.456 bits per heavy atom. The van der Waals surface area contributed by atoms with Crippen molar-refractivity contribution in [3.63, 3.8) is 0 Å². The minimum atomic E-state index is -1.25. The summed E-state index contributed by atoms with van der Waals surface area (Å²) in [6, 6.07) is 0. The number of carbonyl (C=O) groups is 7. The molecule has 0 aliphatic rings. The molecule has 0 aromatic rings. The summed E-state index contributed by atoms with van der Waals surface area (Å²) in [6.45, 7) is 0.721. The highest BCUT2D eigenvalue weighted by molar-refractivity contribution is 7.84. The Hall–Kier alpha value is -0.560. The van der Waals surface area contributed by atoms with Crippen molar-refractivity contribution < 1.29 is 66.7 Å². The van der Waals surface area contributed by atoms with Crippen molar-refractivity contribution in [2.24, 2.45) is 10.8 Å². The third kappa shape index (κ3) is 35.9. The van der Waals surface area contributed by atoms with Crippen LogP contribution in [0.15, 0.2) is 0 Å². The number of thiol groups is 9. The minimum absolute atomic E-state index is 0.00157. The van der Waals surface area contributed by atoms with Crippen LogP contribution in [0.25, 0.3) is 0 Å². The van der Waals surface area contributed by atoms with Crippen molar-refractivity contribution in [2.45, 2.75) is 58.3 Å². The highest BCUT2D eigenvalue weighted by atomic mass is 32.1. The second-order valence-electron chi connectivity index (χ2n) is 11.7. The van der Waals surface area contributed by atoms with Crippen LogP contribution in [0.4, 0.5) is 0 Å². The summed E-state index contributed by atoms with van der Waals surface area (Å²) in [4.78, 5) is 81.9. The van der Waals surface area contributed by atoms with E-state index in [2.05, 4.69) is 114 Å². The van der Waals surface area contributed by atoms with E-state index in [0.717, 1.165) is 11.5 Å². The summed E-state index contributed by atoms with van der Waals surface area (Å²) in [5, 5.41) is 0. The molecule has 0 unspecified atom stereocenters. The molecule has 0 saturated heterocycles.